The van der Waals surface area contributed by atoms with E-state index in [0.717, 1.165) is 6.07 Å². The normalized spacial score (nSPS) is 11.3. The van der Waals surface area contributed by atoms with Crippen molar-refractivity contribution < 1.29 is 38.1 Å². The number of amides is 1. The molecule has 2 N–H and O–H groups in total. The molecular formula is C41H40FN5O8. The van der Waals surface area contributed by atoms with Gasteiger partial charge in [0, 0.05) is 29.4 Å². The highest BCUT2D eigenvalue weighted by Gasteiger charge is 2.26. The maximum Gasteiger partial charge on any atom is 0.335 e. The molecule has 55 heavy (non-hydrogen) atoms. The van der Waals surface area contributed by atoms with Crippen molar-refractivity contribution in [2.75, 3.05) is 33.1 Å². The van der Waals surface area contributed by atoms with Crippen LogP contribution in [0.1, 0.15) is 33.3 Å². The zero-order valence-electron chi connectivity index (χ0n) is 30.9. The fourth-order valence-corrected chi connectivity index (χ4v) is 5.63. The third-order valence-corrected chi connectivity index (χ3v) is 8.17. The predicted octanol–water partition coefficient (Wildman–Crippen LogP) is 6.57. The van der Waals surface area contributed by atoms with E-state index in [0.29, 0.717) is 39.3 Å². The van der Waals surface area contributed by atoms with E-state index in [1.165, 1.54) is 16.8 Å². The fraction of sp³-hybridized carbons (Fsp3) is 0.195. The van der Waals surface area contributed by atoms with Gasteiger partial charge in [-0.3, -0.25) is 28.9 Å². The smallest absolute Gasteiger partial charge is 0.335 e. The van der Waals surface area contributed by atoms with Gasteiger partial charge in [0.15, 0.2) is 11.6 Å². The standard InChI is InChI=1S/C34H34FN5O6.C7H6O2/c1-21(45-31(41)20-38(3)4)19-39-22(2)32(34(43)40(39)24-9-7-6-8-10-24)33(42)37-23-11-14-30(27(35)17-23)46-29-15-16-36-28-18-25(44-5)12-13-26(28)29;8-7(9)6-4-2-1-3-5-6/h6-18,21H,19-20H2,1-5H3,(H,37,42);1-5H,(H,8,9). The first-order valence-corrected chi connectivity index (χ1v) is 17.1. The summed E-state index contributed by atoms with van der Waals surface area (Å²) in [6.45, 7) is 3.56. The number of halogens is 1. The van der Waals surface area contributed by atoms with Crippen LogP contribution >= 0.6 is 0 Å². The summed E-state index contributed by atoms with van der Waals surface area (Å²) in [6, 6.07) is 28.0. The number of aromatic carboxylic acids is 1. The van der Waals surface area contributed by atoms with Gasteiger partial charge in [-0.2, -0.15) is 0 Å². The van der Waals surface area contributed by atoms with Gasteiger partial charge in [-0.05, 0) is 82.5 Å². The fourth-order valence-electron chi connectivity index (χ4n) is 5.63. The van der Waals surface area contributed by atoms with Crippen molar-refractivity contribution in [2.24, 2.45) is 0 Å². The summed E-state index contributed by atoms with van der Waals surface area (Å²) in [7, 11) is 5.07. The molecular weight excluding hydrogens is 709 g/mol. The molecule has 0 spiro atoms. The topological polar surface area (TPSA) is 154 Å². The highest BCUT2D eigenvalue weighted by Crippen LogP contribution is 2.33. The van der Waals surface area contributed by atoms with Crippen LogP contribution < -0.4 is 20.3 Å². The van der Waals surface area contributed by atoms with E-state index < -0.39 is 35.3 Å². The molecule has 284 valence electrons. The number of fused-ring (bicyclic) bond motifs is 1. The van der Waals surface area contributed by atoms with Crippen LogP contribution in [-0.2, 0) is 16.1 Å². The molecule has 0 saturated heterocycles. The molecule has 2 aromatic heterocycles. The number of likely N-dealkylation sites (N-methyl/N-ethyl adjacent to an activating group) is 1. The summed E-state index contributed by atoms with van der Waals surface area (Å²) in [4.78, 5) is 55.7. The SMILES string of the molecule is COc1ccc2c(Oc3ccc(NC(=O)c4c(C)n(CC(C)OC(=O)CN(C)C)n(-c5ccccc5)c4=O)cc3F)ccnc2c1.O=C(O)c1ccccc1. The van der Waals surface area contributed by atoms with Gasteiger partial charge in [-0.1, -0.05) is 36.4 Å². The average molecular weight is 750 g/mol. The van der Waals surface area contributed by atoms with Gasteiger partial charge in [0.1, 0.15) is 23.2 Å². The molecule has 0 radical (unpaired) electrons. The van der Waals surface area contributed by atoms with Gasteiger partial charge in [0.2, 0.25) is 0 Å². The molecule has 0 fully saturated rings. The Morgan fingerprint density at radius 2 is 1.62 bits per heavy atom. The van der Waals surface area contributed by atoms with Gasteiger partial charge in [-0.15, -0.1) is 0 Å². The van der Waals surface area contributed by atoms with E-state index in [9.17, 15) is 19.2 Å². The number of methoxy groups -OCH3 is 1. The van der Waals surface area contributed by atoms with E-state index in [2.05, 4.69) is 10.3 Å². The van der Waals surface area contributed by atoms with E-state index in [-0.39, 0.29) is 30.1 Å². The Morgan fingerprint density at radius 1 is 0.927 bits per heavy atom. The number of carboxylic acids is 1. The van der Waals surface area contributed by atoms with Crippen LogP contribution in [0, 0.1) is 12.7 Å². The number of aromatic nitrogens is 3. The number of nitrogens with zero attached hydrogens (tertiary/aromatic N) is 4. The van der Waals surface area contributed by atoms with E-state index >= 15 is 4.39 Å². The minimum Gasteiger partial charge on any atom is -0.497 e. The summed E-state index contributed by atoms with van der Waals surface area (Å²) in [5.41, 5.74) is 1.25. The minimum absolute atomic E-state index is 0.0621. The predicted molar refractivity (Wildman–Crippen MR) is 205 cm³/mol. The van der Waals surface area contributed by atoms with Crippen molar-refractivity contribution in [3.05, 3.63) is 142 Å². The lowest BCUT2D eigenvalue weighted by atomic mass is 10.2. The highest BCUT2D eigenvalue weighted by molar-refractivity contribution is 6.05. The van der Waals surface area contributed by atoms with Gasteiger partial charge in [0.25, 0.3) is 11.5 Å². The third kappa shape index (κ3) is 9.80. The van der Waals surface area contributed by atoms with E-state index in [1.54, 1.807) is 130 Å². The molecule has 14 heteroatoms. The molecule has 1 atom stereocenters. The van der Waals surface area contributed by atoms with Gasteiger partial charge < -0.3 is 24.6 Å². The van der Waals surface area contributed by atoms with Crippen LogP contribution in [0.15, 0.2) is 114 Å². The van der Waals surface area contributed by atoms with Crippen LogP contribution in [0.5, 0.6) is 17.2 Å². The molecule has 1 amide bonds. The lowest BCUT2D eigenvalue weighted by Crippen LogP contribution is -2.31. The largest absolute Gasteiger partial charge is 0.497 e. The number of carbonyl (C=O) groups is 3. The second-order valence-electron chi connectivity index (χ2n) is 12.6. The summed E-state index contributed by atoms with van der Waals surface area (Å²) >= 11 is 0. The highest BCUT2D eigenvalue weighted by atomic mass is 19.1. The molecule has 13 nitrogen and oxygen atoms in total. The molecule has 0 bridgehead atoms. The number of nitrogens with one attached hydrogen (secondary N) is 1. The average Bonchev–Trinajstić information content (AvgIpc) is 3.40. The molecule has 0 aliphatic heterocycles. The Bertz CT molecular complexity index is 2360. The first-order valence-electron chi connectivity index (χ1n) is 17.1. The van der Waals surface area contributed by atoms with E-state index in [1.807, 2.05) is 6.07 Å². The number of esters is 1. The monoisotopic (exact) mass is 749 g/mol. The molecule has 0 saturated carbocycles. The Kier molecular flexibility index (Phi) is 12.8. The van der Waals surface area contributed by atoms with Crippen molar-refractivity contribution in [3.63, 3.8) is 0 Å². The third-order valence-electron chi connectivity index (χ3n) is 8.17. The Balaban J connectivity index is 0.000000566. The van der Waals surface area contributed by atoms with Crippen LogP contribution in [-0.4, -0.2) is 76.1 Å². The molecule has 0 aliphatic rings. The molecule has 4 aromatic carbocycles. The molecule has 0 aliphatic carbocycles. The quantitative estimate of drug-likeness (QED) is 0.131. The van der Waals surface area contributed by atoms with E-state index in [4.69, 9.17) is 19.3 Å². The second kappa shape index (κ2) is 17.8. The number of hydrogen-bond acceptors (Lipinski definition) is 9. The van der Waals surface area contributed by atoms with Gasteiger partial charge in [0.05, 0.1) is 42.7 Å². The number of carbonyl (C=O) groups excluding carboxylic acids is 2. The lowest BCUT2D eigenvalue weighted by molar-refractivity contribution is -0.149. The summed E-state index contributed by atoms with van der Waals surface area (Å²) < 4.78 is 34.9. The maximum atomic E-state index is 15.3. The Hall–Kier alpha value is -6.80. The molecule has 6 rings (SSSR count). The summed E-state index contributed by atoms with van der Waals surface area (Å²) in [5, 5.41) is 11.7. The first-order chi connectivity index (χ1) is 26.4. The van der Waals surface area contributed by atoms with Gasteiger partial charge in [-0.25, -0.2) is 13.9 Å². The van der Waals surface area contributed by atoms with Crippen molar-refractivity contribution in [3.8, 4) is 22.9 Å². The number of hydrogen-bond donors (Lipinski definition) is 2. The maximum absolute atomic E-state index is 15.3. The second-order valence-corrected chi connectivity index (χ2v) is 12.6. The first kappa shape index (κ1) is 39.4. The van der Waals surface area contributed by atoms with Crippen LogP contribution in [0.4, 0.5) is 10.1 Å². The van der Waals surface area contributed by atoms with Crippen LogP contribution in [0.25, 0.3) is 16.6 Å². The number of pyridine rings is 1. The van der Waals surface area contributed by atoms with Crippen LogP contribution in [0.3, 0.4) is 0 Å². The summed E-state index contributed by atoms with van der Waals surface area (Å²) in [5.74, 6) is -1.78. The van der Waals surface area contributed by atoms with Crippen LogP contribution in [0.2, 0.25) is 0 Å². The number of ether oxygens (including phenoxy) is 3. The molecule has 1 unspecified atom stereocenters. The Morgan fingerprint density at radius 3 is 2.24 bits per heavy atom. The van der Waals surface area contributed by atoms with Crippen molar-refractivity contribution in [2.45, 2.75) is 26.5 Å². The number of benzene rings is 4. The van der Waals surface area contributed by atoms with Gasteiger partial charge >= 0.3 is 11.9 Å². The number of carboxylic acid groups (broad SMARTS) is 1. The van der Waals surface area contributed by atoms with Crippen molar-refractivity contribution >= 4 is 34.4 Å². The minimum atomic E-state index is -0.879. The zero-order valence-corrected chi connectivity index (χ0v) is 30.9. The van der Waals surface area contributed by atoms with Crippen molar-refractivity contribution in [1.29, 1.82) is 0 Å². The van der Waals surface area contributed by atoms with Crippen molar-refractivity contribution in [1.82, 2.24) is 19.2 Å². The lowest BCUT2D eigenvalue weighted by Gasteiger charge is -2.19. The number of para-hydroxylation sites is 1. The zero-order chi connectivity index (χ0) is 39.6. The molecule has 6 aromatic rings. The molecule has 2 heterocycles. The summed E-state index contributed by atoms with van der Waals surface area (Å²) in [6.07, 6.45) is 0.944. The number of rotatable bonds is 12. The number of anilines is 1. The Labute approximate surface area is 316 Å².